The minimum atomic E-state index is -4.22. The number of phosphoric ester groups is 3. The molecule has 0 aliphatic rings. The molecule has 2 unspecified atom stereocenters. The normalized spacial score (nSPS) is 13.5. The van der Waals surface area contributed by atoms with Crippen molar-refractivity contribution in [1.82, 2.24) is 0 Å². The molecule has 0 rings (SSSR count). The molecule has 0 heterocycles. The number of hydrogen-bond donors (Lipinski definition) is 0. The van der Waals surface area contributed by atoms with Crippen LogP contribution in [0.25, 0.3) is 0 Å². The van der Waals surface area contributed by atoms with Crippen molar-refractivity contribution in [1.29, 1.82) is 0 Å². The third-order valence-electron chi connectivity index (χ3n) is 1.71. The molecule has 0 amide bonds. The Balaban J connectivity index is -0.000000181. The predicted octanol–water partition coefficient (Wildman–Crippen LogP) is 5.09. The summed E-state index contributed by atoms with van der Waals surface area (Å²) in [5.41, 5.74) is 0. The van der Waals surface area contributed by atoms with E-state index in [9.17, 15) is 23.5 Å². The van der Waals surface area contributed by atoms with E-state index in [0.29, 0.717) is 12.5 Å². The van der Waals surface area contributed by atoms with Gasteiger partial charge in [0.15, 0.2) is 0 Å². The minimum Gasteiger partial charge on any atom is -0.746 e. The van der Waals surface area contributed by atoms with Crippen molar-refractivity contribution in [3.8, 4) is 0 Å². The van der Waals surface area contributed by atoms with Gasteiger partial charge >= 0.3 is 61.2 Å². The van der Waals surface area contributed by atoms with Crippen LogP contribution >= 0.6 is 93.1 Å². The molecular weight excluding hydrogens is 658 g/mol. The summed E-state index contributed by atoms with van der Waals surface area (Å²) < 4.78 is 60.0. The maximum absolute atomic E-state index is 11.0. The molecule has 0 aliphatic carbocycles. The third kappa shape index (κ3) is 30.1. The van der Waals surface area contributed by atoms with E-state index in [0.717, 1.165) is 20.5 Å². The van der Waals surface area contributed by atoms with Crippen molar-refractivity contribution in [2.45, 2.75) is 0 Å². The van der Waals surface area contributed by atoms with Gasteiger partial charge in [-0.05, 0) is 0 Å². The van der Waals surface area contributed by atoms with Crippen LogP contribution < -0.4 is 9.79 Å². The van der Waals surface area contributed by atoms with E-state index < -0.39 is 23.5 Å². The second-order valence-corrected chi connectivity index (χ2v) is 11.4. The zero-order chi connectivity index (χ0) is 25.3. The summed E-state index contributed by atoms with van der Waals surface area (Å²) in [6.45, 7) is 0. The summed E-state index contributed by atoms with van der Waals surface area (Å²) in [6, 6.07) is 0. The smallest absolute Gasteiger partial charge is 0.746 e. The molecule has 12 nitrogen and oxygen atoms in total. The van der Waals surface area contributed by atoms with E-state index in [1.807, 2.05) is 0 Å². The van der Waals surface area contributed by atoms with Gasteiger partial charge in [-0.25, -0.2) is 4.57 Å². The Kier molecular flexibility index (Phi) is 28.7. The average molecular weight is 673 g/mol. The van der Waals surface area contributed by atoms with Gasteiger partial charge in [0, 0.05) is 28.4 Å². The fraction of sp³-hybridized carbons (Fsp3) is 0.400. The zero-order valence-corrected chi connectivity index (χ0v) is 25.9. The molecule has 0 aromatic heterocycles. The first-order valence-electron chi connectivity index (χ1n) is 6.53. The first kappa shape index (κ1) is 41.2. The van der Waals surface area contributed by atoms with Crippen molar-refractivity contribution >= 4 is 131 Å². The molecule has 0 saturated heterocycles. The summed E-state index contributed by atoms with van der Waals surface area (Å²) in [4.78, 5) is 20.7. The van der Waals surface area contributed by atoms with Crippen molar-refractivity contribution < 1.29 is 55.1 Å². The van der Waals surface area contributed by atoms with Crippen molar-refractivity contribution in [3.05, 3.63) is 32.3 Å². The average Bonchev–Trinajstić information content (AvgIpc) is 2.70. The monoisotopic (exact) mass is 670 g/mol. The topological polar surface area (TPSA) is 162 Å². The van der Waals surface area contributed by atoms with E-state index in [-0.39, 0.29) is 51.2 Å². The van der Waals surface area contributed by atoms with Crippen LogP contribution in [0.2, 0.25) is 0 Å². The Morgan fingerprint density at radius 1 is 0.594 bits per heavy atom. The standard InChI is InChI=1S/C4H7Cl2O4P.2C3H5Cl2O4P.Ca/c1-8-11(7,9-2)10-3-4(5)6;2*1-8-10(6,7)9-2-3(4)5;/h3H,1-2H3;2*2H,1H3,(H,6,7);/q;;;+2/p-2. The van der Waals surface area contributed by atoms with E-state index >= 15 is 0 Å². The number of phosphoric acid groups is 3. The van der Waals surface area contributed by atoms with Crippen LogP contribution in [0.4, 0.5) is 0 Å². The fourth-order valence-corrected chi connectivity index (χ4v) is 2.40. The predicted molar refractivity (Wildman–Crippen MR) is 119 cm³/mol. The van der Waals surface area contributed by atoms with E-state index in [4.69, 9.17) is 69.6 Å². The van der Waals surface area contributed by atoms with Gasteiger partial charge in [-0.15, -0.1) is 0 Å². The van der Waals surface area contributed by atoms with Crippen LogP contribution in [0, 0.1) is 0 Å². The first-order chi connectivity index (χ1) is 14.0. The second kappa shape index (κ2) is 22.3. The molecule has 32 heavy (non-hydrogen) atoms. The van der Waals surface area contributed by atoms with E-state index in [2.05, 4.69) is 31.7 Å². The molecule has 0 saturated carbocycles. The van der Waals surface area contributed by atoms with Gasteiger partial charge in [0.2, 0.25) is 0 Å². The number of rotatable bonds is 10. The van der Waals surface area contributed by atoms with E-state index in [1.165, 1.54) is 14.2 Å². The SMILES string of the molecule is COP(=O)(OC)OC=C(Cl)Cl.COP(=O)([O-])OC=C(Cl)Cl.COP(=O)([O-])OC=C(Cl)Cl.[Ca+2]. The molecule has 0 aromatic rings. The molecule has 2 atom stereocenters. The van der Waals surface area contributed by atoms with Gasteiger partial charge < -0.3 is 32.4 Å². The Morgan fingerprint density at radius 2 is 0.844 bits per heavy atom. The fourth-order valence-electron chi connectivity index (χ4n) is 0.560. The molecule has 0 N–H and O–H groups in total. The quantitative estimate of drug-likeness (QED) is 0.172. The van der Waals surface area contributed by atoms with Crippen LogP contribution in [-0.2, 0) is 45.4 Å². The second-order valence-electron chi connectivity index (χ2n) is 3.61. The molecule has 0 aromatic carbocycles. The molecular formula is C10H15CaCl6O12P3. The van der Waals surface area contributed by atoms with Gasteiger partial charge in [-0.1, -0.05) is 69.6 Å². The third-order valence-corrected chi connectivity index (χ3v) is 5.12. The van der Waals surface area contributed by atoms with Gasteiger partial charge in [0.1, 0.15) is 32.3 Å². The van der Waals surface area contributed by atoms with Crippen LogP contribution in [-0.4, -0.2) is 66.2 Å². The van der Waals surface area contributed by atoms with Gasteiger partial charge in [0.05, 0.1) is 0 Å². The first-order valence-corrected chi connectivity index (χ1v) is 13.2. The van der Waals surface area contributed by atoms with Crippen LogP contribution in [0.3, 0.4) is 0 Å². The molecule has 22 heteroatoms. The van der Waals surface area contributed by atoms with Gasteiger partial charge in [-0.2, -0.15) is 0 Å². The summed E-state index contributed by atoms with van der Waals surface area (Å²) in [5, 5.41) is 0. The van der Waals surface area contributed by atoms with Crippen LogP contribution in [0.1, 0.15) is 0 Å². The molecule has 0 aliphatic heterocycles. The van der Waals surface area contributed by atoms with E-state index in [1.54, 1.807) is 0 Å². The Morgan fingerprint density at radius 3 is 1.03 bits per heavy atom. The summed E-state index contributed by atoms with van der Waals surface area (Å²) in [6.07, 6.45) is 2.18. The van der Waals surface area contributed by atoms with Gasteiger partial charge in [-0.3, -0.25) is 18.2 Å². The molecule has 0 fully saturated rings. The maximum Gasteiger partial charge on any atom is 2.00 e. The van der Waals surface area contributed by atoms with Crippen molar-refractivity contribution in [3.63, 3.8) is 0 Å². The Labute approximate surface area is 244 Å². The summed E-state index contributed by atoms with van der Waals surface area (Å²) in [5.74, 6) is 0. The summed E-state index contributed by atoms with van der Waals surface area (Å²) in [7, 11) is -7.64. The van der Waals surface area contributed by atoms with Crippen LogP contribution in [0.5, 0.6) is 0 Å². The van der Waals surface area contributed by atoms with Crippen LogP contribution in [0.15, 0.2) is 32.3 Å². The number of halogens is 6. The van der Waals surface area contributed by atoms with Crippen molar-refractivity contribution in [2.75, 3.05) is 28.4 Å². The Hall–Kier alpha value is 2.07. The molecule has 0 bridgehead atoms. The zero-order valence-electron chi connectivity index (χ0n) is 16.4. The molecule has 0 spiro atoms. The molecule has 0 radical (unpaired) electrons. The van der Waals surface area contributed by atoms with Gasteiger partial charge in [0.25, 0.3) is 0 Å². The summed E-state index contributed by atoms with van der Waals surface area (Å²) >= 11 is 30.4. The number of hydrogen-bond acceptors (Lipinski definition) is 12. The minimum absolute atomic E-state index is 0. The largest absolute Gasteiger partial charge is 2.00 e. The van der Waals surface area contributed by atoms with Crippen molar-refractivity contribution in [2.24, 2.45) is 0 Å². The maximum atomic E-state index is 11.0. The Bertz CT molecular complexity index is 691. The molecule has 186 valence electrons.